The van der Waals surface area contributed by atoms with Crippen molar-refractivity contribution in [1.82, 2.24) is 20.0 Å². The van der Waals surface area contributed by atoms with Gasteiger partial charge >= 0.3 is 0 Å². The van der Waals surface area contributed by atoms with Crippen molar-refractivity contribution in [1.29, 1.82) is 0 Å². The minimum Gasteiger partial charge on any atom is -0.355 e. The van der Waals surface area contributed by atoms with Crippen molar-refractivity contribution >= 4 is 21.8 Å². The quantitative estimate of drug-likeness (QED) is 0.790. The molecule has 0 saturated heterocycles. The number of likely N-dealkylation sites (N-methyl/N-ethyl adjacent to an activating group) is 1. The largest absolute Gasteiger partial charge is 0.355 e. The van der Waals surface area contributed by atoms with Crippen molar-refractivity contribution in [2.75, 3.05) is 26.2 Å². The number of aryl methyl sites for hydroxylation is 1. The molecule has 1 heterocycles. The number of halogens is 1. The van der Waals surface area contributed by atoms with Gasteiger partial charge in [0.05, 0.1) is 10.7 Å². The summed E-state index contributed by atoms with van der Waals surface area (Å²) in [6.45, 7) is 10.5. The number of carbonyl (C=O) groups is 1. The second-order valence-electron chi connectivity index (χ2n) is 4.43. The van der Waals surface area contributed by atoms with E-state index in [0.29, 0.717) is 19.5 Å². The van der Waals surface area contributed by atoms with Crippen LogP contribution >= 0.6 is 15.9 Å². The molecule has 0 aliphatic heterocycles. The smallest absolute Gasteiger partial charge is 0.221 e. The van der Waals surface area contributed by atoms with Crippen LogP contribution in [-0.2, 0) is 11.3 Å². The van der Waals surface area contributed by atoms with Crippen LogP contribution in [0.15, 0.2) is 10.7 Å². The van der Waals surface area contributed by atoms with E-state index < -0.39 is 0 Å². The Morgan fingerprint density at radius 1 is 1.47 bits per heavy atom. The van der Waals surface area contributed by atoms with Crippen molar-refractivity contribution in [3.63, 3.8) is 0 Å². The molecule has 0 aliphatic carbocycles. The molecule has 1 rings (SSSR count). The fourth-order valence-electron chi connectivity index (χ4n) is 1.84. The molecular formula is C13H23BrN4O. The van der Waals surface area contributed by atoms with E-state index in [0.717, 1.165) is 29.8 Å². The fourth-order valence-corrected chi connectivity index (χ4v) is 2.13. The third kappa shape index (κ3) is 5.32. The maximum absolute atomic E-state index is 11.7. The molecule has 0 atom stereocenters. The average molecular weight is 331 g/mol. The highest BCUT2D eigenvalue weighted by molar-refractivity contribution is 9.10. The molecule has 1 amide bonds. The predicted octanol–water partition coefficient (Wildman–Crippen LogP) is 1.80. The van der Waals surface area contributed by atoms with Gasteiger partial charge in [0.1, 0.15) is 0 Å². The summed E-state index contributed by atoms with van der Waals surface area (Å²) in [4.78, 5) is 14.0. The molecule has 0 aromatic carbocycles. The molecule has 0 saturated carbocycles. The molecule has 1 aromatic rings. The van der Waals surface area contributed by atoms with Crippen LogP contribution in [0.2, 0.25) is 0 Å². The van der Waals surface area contributed by atoms with Gasteiger partial charge in [-0.2, -0.15) is 5.10 Å². The molecule has 6 heteroatoms. The Kier molecular flexibility index (Phi) is 7.09. The number of rotatable bonds is 8. The van der Waals surface area contributed by atoms with Crippen molar-refractivity contribution in [3.05, 3.63) is 16.4 Å². The van der Waals surface area contributed by atoms with E-state index in [1.807, 2.05) is 11.6 Å². The highest BCUT2D eigenvalue weighted by atomic mass is 79.9. The number of amides is 1. The number of aromatic nitrogens is 2. The van der Waals surface area contributed by atoms with Crippen molar-refractivity contribution < 1.29 is 4.79 Å². The summed E-state index contributed by atoms with van der Waals surface area (Å²) in [5.41, 5.74) is 1.05. The zero-order valence-electron chi connectivity index (χ0n) is 11.9. The Labute approximate surface area is 123 Å². The molecule has 108 valence electrons. The van der Waals surface area contributed by atoms with Crippen LogP contribution in [0.25, 0.3) is 0 Å². The van der Waals surface area contributed by atoms with Crippen molar-refractivity contribution in [2.24, 2.45) is 0 Å². The monoisotopic (exact) mass is 330 g/mol. The molecule has 0 bridgehead atoms. The summed E-state index contributed by atoms with van der Waals surface area (Å²) in [5, 5.41) is 7.15. The Balaban J connectivity index is 2.23. The number of nitrogens with zero attached hydrogens (tertiary/aromatic N) is 3. The fraction of sp³-hybridized carbons (Fsp3) is 0.692. The second kappa shape index (κ2) is 8.32. The molecule has 19 heavy (non-hydrogen) atoms. The minimum absolute atomic E-state index is 0.0816. The van der Waals surface area contributed by atoms with Gasteiger partial charge in [0.15, 0.2) is 0 Å². The number of nitrogens with one attached hydrogen (secondary N) is 1. The lowest BCUT2D eigenvalue weighted by Crippen LogP contribution is -2.35. The van der Waals surface area contributed by atoms with Crippen LogP contribution in [0, 0.1) is 6.92 Å². The molecule has 1 N–H and O–H groups in total. The first kappa shape index (κ1) is 16.2. The normalized spacial score (nSPS) is 11.0. The van der Waals surface area contributed by atoms with E-state index in [-0.39, 0.29) is 5.91 Å². The number of hydrogen-bond acceptors (Lipinski definition) is 3. The van der Waals surface area contributed by atoms with Gasteiger partial charge < -0.3 is 10.2 Å². The highest BCUT2D eigenvalue weighted by Crippen LogP contribution is 2.14. The Morgan fingerprint density at radius 2 is 2.16 bits per heavy atom. The molecule has 5 nitrogen and oxygen atoms in total. The SMILES string of the molecule is CCN(CC)CCNC(=O)CCn1ncc(Br)c1C. The zero-order valence-corrected chi connectivity index (χ0v) is 13.5. The average Bonchev–Trinajstić information content (AvgIpc) is 2.73. The summed E-state index contributed by atoms with van der Waals surface area (Å²) in [7, 11) is 0. The van der Waals surface area contributed by atoms with Gasteiger partial charge in [-0.3, -0.25) is 9.48 Å². The lowest BCUT2D eigenvalue weighted by Gasteiger charge is -2.17. The van der Waals surface area contributed by atoms with Crippen LogP contribution < -0.4 is 5.32 Å². The molecule has 0 radical (unpaired) electrons. The molecule has 0 aliphatic rings. The summed E-state index contributed by atoms with van der Waals surface area (Å²) in [6.07, 6.45) is 2.22. The first-order valence-corrected chi connectivity index (χ1v) is 7.54. The topological polar surface area (TPSA) is 50.2 Å². The maximum Gasteiger partial charge on any atom is 0.221 e. The first-order chi connectivity index (χ1) is 9.08. The van der Waals surface area contributed by atoms with Gasteiger partial charge in [0, 0.05) is 31.7 Å². The molecule has 0 fully saturated rings. The highest BCUT2D eigenvalue weighted by Gasteiger charge is 2.06. The third-order valence-corrected chi connectivity index (χ3v) is 4.02. The summed E-state index contributed by atoms with van der Waals surface area (Å²) < 4.78 is 2.82. The van der Waals surface area contributed by atoms with Gasteiger partial charge in [0.25, 0.3) is 0 Å². The van der Waals surface area contributed by atoms with E-state index in [9.17, 15) is 4.79 Å². The number of carbonyl (C=O) groups excluding carboxylic acids is 1. The first-order valence-electron chi connectivity index (χ1n) is 6.75. The summed E-state index contributed by atoms with van der Waals surface area (Å²) in [6, 6.07) is 0. The Bertz CT molecular complexity index is 401. The van der Waals surface area contributed by atoms with E-state index in [4.69, 9.17) is 0 Å². The summed E-state index contributed by atoms with van der Waals surface area (Å²) >= 11 is 3.41. The van der Waals surface area contributed by atoms with Crippen LogP contribution in [0.4, 0.5) is 0 Å². The molecule has 0 unspecified atom stereocenters. The molecule has 1 aromatic heterocycles. The van der Waals surface area contributed by atoms with E-state index in [1.165, 1.54) is 0 Å². The van der Waals surface area contributed by atoms with E-state index >= 15 is 0 Å². The van der Waals surface area contributed by atoms with Crippen LogP contribution in [-0.4, -0.2) is 46.8 Å². The maximum atomic E-state index is 11.7. The zero-order chi connectivity index (χ0) is 14.3. The van der Waals surface area contributed by atoms with Gasteiger partial charge in [-0.1, -0.05) is 13.8 Å². The minimum atomic E-state index is 0.0816. The Morgan fingerprint density at radius 3 is 2.68 bits per heavy atom. The van der Waals surface area contributed by atoms with Gasteiger partial charge in [-0.25, -0.2) is 0 Å². The van der Waals surface area contributed by atoms with Crippen LogP contribution in [0.1, 0.15) is 26.0 Å². The van der Waals surface area contributed by atoms with E-state index in [2.05, 4.69) is 45.1 Å². The second-order valence-corrected chi connectivity index (χ2v) is 5.28. The third-order valence-electron chi connectivity index (χ3n) is 3.24. The standard InChI is InChI=1S/C13H23BrN4O/c1-4-17(5-2)9-7-15-13(19)6-8-18-11(3)12(14)10-16-18/h10H,4-9H2,1-3H3,(H,15,19). The van der Waals surface area contributed by atoms with Gasteiger partial charge in [-0.05, 0) is 35.9 Å². The number of hydrogen-bond donors (Lipinski definition) is 1. The van der Waals surface area contributed by atoms with Crippen LogP contribution in [0.3, 0.4) is 0 Å². The van der Waals surface area contributed by atoms with E-state index in [1.54, 1.807) is 6.20 Å². The molecule has 0 spiro atoms. The molecular weight excluding hydrogens is 308 g/mol. The summed E-state index contributed by atoms with van der Waals surface area (Å²) in [5.74, 6) is 0.0816. The van der Waals surface area contributed by atoms with Crippen molar-refractivity contribution in [3.8, 4) is 0 Å². The van der Waals surface area contributed by atoms with Crippen molar-refractivity contribution in [2.45, 2.75) is 33.7 Å². The predicted molar refractivity (Wildman–Crippen MR) is 80.1 cm³/mol. The van der Waals surface area contributed by atoms with Gasteiger partial charge in [-0.15, -0.1) is 0 Å². The lowest BCUT2D eigenvalue weighted by atomic mass is 10.3. The van der Waals surface area contributed by atoms with Crippen LogP contribution in [0.5, 0.6) is 0 Å². The Hall–Kier alpha value is -0.880. The van der Waals surface area contributed by atoms with Gasteiger partial charge in [0.2, 0.25) is 5.91 Å². The lowest BCUT2D eigenvalue weighted by molar-refractivity contribution is -0.121.